The Morgan fingerprint density at radius 3 is 2.46 bits per heavy atom. The zero-order valence-corrected chi connectivity index (χ0v) is 14.6. The maximum atomic E-state index is 13.3. The molecule has 6 heteroatoms. The molecule has 4 nitrogen and oxygen atoms in total. The van der Waals surface area contributed by atoms with Crippen molar-refractivity contribution in [2.24, 2.45) is 0 Å². The highest BCUT2D eigenvalue weighted by Gasteiger charge is 2.17. The SMILES string of the molecule is CCc1cc(NC(=O)c2ccc3cc(F)ccc3c2)c(C(=O)O)cc1Cl. The van der Waals surface area contributed by atoms with Crippen molar-refractivity contribution in [3.8, 4) is 0 Å². The van der Waals surface area contributed by atoms with E-state index in [1.165, 1.54) is 18.2 Å². The first kappa shape index (κ1) is 17.9. The predicted molar refractivity (Wildman–Crippen MR) is 99.6 cm³/mol. The molecule has 0 aromatic heterocycles. The Hall–Kier alpha value is -2.92. The zero-order valence-electron chi connectivity index (χ0n) is 13.8. The lowest BCUT2D eigenvalue weighted by molar-refractivity contribution is 0.0698. The van der Waals surface area contributed by atoms with Gasteiger partial charge in [-0.25, -0.2) is 9.18 Å². The van der Waals surface area contributed by atoms with E-state index in [1.54, 1.807) is 30.3 Å². The van der Waals surface area contributed by atoms with Crippen molar-refractivity contribution in [1.29, 1.82) is 0 Å². The molecule has 0 fully saturated rings. The number of aromatic carboxylic acids is 1. The van der Waals surface area contributed by atoms with Crippen LogP contribution < -0.4 is 5.32 Å². The minimum Gasteiger partial charge on any atom is -0.478 e. The van der Waals surface area contributed by atoms with E-state index in [-0.39, 0.29) is 17.1 Å². The molecule has 0 heterocycles. The van der Waals surface area contributed by atoms with Gasteiger partial charge in [0.1, 0.15) is 5.82 Å². The van der Waals surface area contributed by atoms with Gasteiger partial charge in [0.15, 0.2) is 0 Å². The van der Waals surface area contributed by atoms with Crippen LogP contribution in [0.4, 0.5) is 10.1 Å². The maximum absolute atomic E-state index is 13.3. The Morgan fingerprint density at radius 1 is 1.08 bits per heavy atom. The lowest BCUT2D eigenvalue weighted by Gasteiger charge is -2.12. The Balaban J connectivity index is 1.97. The number of nitrogens with one attached hydrogen (secondary N) is 1. The monoisotopic (exact) mass is 371 g/mol. The average Bonchev–Trinajstić information content (AvgIpc) is 2.62. The van der Waals surface area contributed by atoms with Crippen LogP contribution in [-0.4, -0.2) is 17.0 Å². The fourth-order valence-corrected chi connectivity index (χ4v) is 3.02. The first-order valence-electron chi connectivity index (χ1n) is 7.95. The second kappa shape index (κ2) is 7.14. The first-order chi connectivity index (χ1) is 12.4. The molecule has 132 valence electrons. The maximum Gasteiger partial charge on any atom is 0.337 e. The Morgan fingerprint density at radius 2 is 1.77 bits per heavy atom. The number of halogens is 2. The number of rotatable bonds is 4. The summed E-state index contributed by atoms with van der Waals surface area (Å²) < 4.78 is 13.3. The molecule has 0 radical (unpaired) electrons. The lowest BCUT2D eigenvalue weighted by Crippen LogP contribution is -2.15. The number of hydrogen-bond donors (Lipinski definition) is 2. The van der Waals surface area contributed by atoms with Gasteiger partial charge in [-0.1, -0.05) is 30.7 Å². The van der Waals surface area contributed by atoms with Crippen LogP contribution in [-0.2, 0) is 6.42 Å². The number of hydrogen-bond acceptors (Lipinski definition) is 2. The summed E-state index contributed by atoms with van der Waals surface area (Å²) in [5.74, 6) is -1.99. The summed E-state index contributed by atoms with van der Waals surface area (Å²) in [6.45, 7) is 1.88. The highest BCUT2D eigenvalue weighted by Crippen LogP contribution is 2.27. The minimum absolute atomic E-state index is 0.0802. The molecule has 0 aliphatic carbocycles. The van der Waals surface area contributed by atoms with Crippen molar-refractivity contribution >= 4 is 39.9 Å². The van der Waals surface area contributed by atoms with E-state index >= 15 is 0 Å². The Bertz CT molecular complexity index is 1030. The number of anilines is 1. The number of amides is 1. The number of carboxylic acids is 1. The third kappa shape index (κ3) is 3.53. The summed E-state index contributed by atoms with van der Waals surface area (Å²) in [4.78, 5) is 24.0. The van der Waals surface area contributed by atoms with Crippen LogP contribution in [0.5, 0.6) is 0 Å². The molecule has 0 spiro atoms. The molecule has 0 unspecified atom stereocenters. The summed E-state index contributed by atoms with van der Waals surface area (Å²) in [6.07, 6.45) is 0.600. The fraction of sp³-hybridized carbons (Fsp3) is 0.100. The van der Waals surface area contributed by atoms with E-state index < -0.39 is 11.9 Å². The molecule has 2 N–H and O–H groups in total. The number of carbonyl (C=O) groups is 2. The largest absolute Gasteiger partial charge is 0.478 e. The summed E-state index contributed by atoms with van der Waals surface area (Å²) in [5.41, 5.74) is 1.18. The van der Waals surface area contributed by atoms with Gasteiger partial charge in [0.2, 0.25) is 0 Å². The molecule has 0 aliphatic heterocycles. The Kier molecular flexibility index (Phi) is 4.91. The molecule has 0 saturated heterocycles. The molecule has 1 amide bonds. The van der Waals surface area contributed by atoms with Crippen molar-refractivity contribution in [2.75, 3.05) is 5.32 Å². The average molecular weight is 372 g/mol. The van der Waals surface area contributed by atoms with Crippen LogP contribution in [0.3, 0.4) is 0 Å². The van der Waals surface area contributed by atoms with E-state index in [0.717, 1.165) is 5.56 Å². The number of fused-ring (bicyclic) bond motifs is 1. The molecule has 3 rings (SSSR count). The van der Waals surface area contributed by atoms with Gasteiger partial charge in [0, 0.05) is 10.6 Å². The summed E-state index contributed by atoms with van der Waals surface area (Å²) in [5, 5.41) is 13.7. The van der Waals surface area contributed by atoms with Crippen LogP contribution in [0.25, 0.3) is 10.8 Å². The molecule has 0 bridgehead atoms. The van der Waals surface area contributed by atoms with Crippen LogP contribution in [0.15, 0.2) is 48.5 Å². The van der Waals surface area contributed by atoms with Crippen LogP contribution >= 0.6 is 11.6 Å². The number of aryl methyl sites for hydroxylation is 1. The predicted octanol–water partition coefficient (Wildman–Crippen LogP) is 5.15. The van der Waals surface area contributed by atoms with E-state index in [9.17, 15) is 19.1 Å². The van der Waals surface area contributed by atoms with Gasteiger partial charge in [0.25, 0.3) is 5.91 Å². The first-order valence-corrected chi connectivity index (χ1v) is 8.33. The molecular formula is C20H15ClFNO3. The van der Waals surface area contributed by atoms with E-state index in [0.29, 0.717) is 27.8 Å². The van der Waals surface area contributed by atoms with Crippen molar-refractivity contribution < 1.29 is 19.1 Å². The molecule has 3 aromatic rings. The highest BCUT2D eigenvalue weighted by molar-refractivity contribution is 6.32. The number of carboxylic acid groups (broad SMARTS) is 1. The van der Waals surface area contributed by atoms with Gasteiger partial charge in [-0.3, -0.25) is 4.79 Å². The molecule has 0 aliphatic rings. The van der Waals surface area contributed by atoms with Crippen molar-refractivity contribution in [3.63, 3.8) is 0 Å². The molecule has 0 saturated carbocycles. The van der Waals surface area contributed by atoms with Crippen molar-refractivity contribution in [1.82, 2.24) is 0 Å². The topological polar surface area (TPSA) is 66.4 Å². The van der Waals surface area contributed by atoms with Gasteiger partial charge < -0.3 is 10.4 Å². The third-order valence-corrected chi connectivity index (χ3v) is 4.46. The van der Waals surface area contributed by atoms with E-state index in [1.807, 2.05) is 6.92 Å². The zero-order chi connectivity index (χ0) is 18.8. The standard InChI is InChI=1S/C20H15ClFNO3/c1-2-11-9-18(16(20(25)26)10-17(11)21)23-19(24)14-4-3-13-8-15(22)6-5-12(13)7-14/h3-10H,2H2,1H3,(H,23,24)(H,25,26). The summed E-state index contributed by atoms with van der Waals surface area (Å²) >= 11 is 6.07. The van der Waals surface area contributed by atoms with E-state index in [4.69, 9.17) is 11.6 Å². The molecule has 3 aromatic carbocycles. The van der Waals surface area contributed by atoms with Crippen LogP contribution in [0.2, 0.25) is 5.02 Å². The number of benzene rings is 3. The Labute approximate surface area is 154 Å². The summed E-state index contributed by atoms with van der Waals surface area (Å²) in [6, 6.07) is 12.0. The third-order valence-electron chi connectivity index (χ3n) is 4.11. The smallest absolute Gasteiger partial charge is 0.337 e. The lowest BCUT2D eigenvalue weighted by atomic mass is 10.0. The molecule has 26 heavy (non-hydrogen) atoms. The highest BCUT2D eigenvalue weighted by atomic mass is 35.5. The number of carbonyl (C=O) groups excluding carboxylic acids is 1. The van der Waals surface area contributed by atoms with Gasteiger partial charge in [-0.2, -0.15) is 0 Å². The minimum atomic E-state index is -1.18. The van der Waals surface area contributed by atoms with Crippen molar-refractivity contribution in [3.05, 3.63) is 76.1 Å². The molecular weight excluding hydrogens is 357 g/mol. The quantitative estimate of drug-likeness (QED) is 0.666. The van der Waals surface area contributed by atoms with Gasteiger partial charge >= 0.3 is 5.97 Å². The van der Waals surface area contributed by atoms with E-state index in [2.05, 4.69) is 5.32 Å². The van der Waals surface area contributed by atoms with Gasteiger partial charge in [0.05, 0.1) is 11.3 Å². The normalized spacial score (nSPS) is 10.7. The van der Waals surface area contributed by atoms with Gasteiger partial charge in [-0.15, -0.1) is 0 Å². The summed E-state index contributed by atoms with van der Waals surface area (Å²) in [7, 11) is 0. The van der Waals surface area contributed by atoms with Crippen LogP contribution in [0.1, 0.15) is 33.2 Å². The fourth-order valence-electron chi connectivity index (χ4n) is 2.72. The second-order valence-corrected chi connectivity index (χ2v) is 6.22. The second-order valence-electron chi connectivity index (χ2n) is 5.81. The van der Waals surface area contributed by atoms with Crippen molar-refractivity contribution in [2.45, 2.75) is 13.3 Å². The van der Waals surface area contributed by atoms with Gasteiger partial charge in [-0.05, 0) is 59.2 Å². The molecule has 0 atom stereocenters. The van der Waals surface area contributed by atoms with Crippen LogP contribution in [0, 0.1) is 5.82 Å².